The number of esters is 1. The van der Waals surface area contributed by atoms with Crippen LogP contribution in [0.15, 0.2) is 41.8 Å². The van der Waals surface area contributed by atoms with Crippen LogP contribution in [0.4, 0.5) is 0 Å². The Morgan fingerprint density at radius 3 is 2.55 bits per heavy atom. The predicted molar refractivity (Wildman–Crippen MR) is 79.3 cm³/mol. The van der Waals surface area contributed by atoms with E-state index in [0.29, 0.717) is 21.7 Å². The Kier molecular flexibility index (Phi) is 3.17. The lowest BCUT2D eigenvalue weighted by atomic mass is 9.95. The van der Waals surface area contributed by atoms with Crippen LogP contribution >= 0.6 is 22.9 Å². The summed E-state index contributed by atoms with van der Waals surface area (Å²) in [6.07, 6.45) is 0. The fraction of sp³-hybridized carbons (Fsp3) is 0.133. The van der Waals surface area contributed by atoms with Crippen molar-refractivity contribution >= 4 is 40.1 Å². The second-order valence-electron chi connectivity index (χ2n) is 4.61. The van der Waals surface area contributed by atoms with Gasteiger partial charge in [-0.3, -0.25) is 0 Å². The molecule has 2 aromatic rings. The van der Waals surface area contributed by atoms with Crippen LogP contribution < -0.4 is 0 Å². The molecule has 0 fully saturated rings. The average Bonchev–Trinajstić information content (AvgIpc) is 2.96. The molecule has 1 aromatic carbocycles. The van der Waals surface area contributed by atoms with Crippen LogP contribution in [0.25, 0.3) is 11.1 Å². The first kappa shape index (κ1) is 13.4. The third kappa shape index (κ3) is 2.16. The van der Waals surface area contributed by atoms with Crippen molar-refractivity contribution in [2.75, 3.05) is 0 Å². The Bertz CT molecular complexity index is 684. The fourth-order valence-corrected chi connectivity index (χ4v) is 3.18. The molecule has 1 aliphatic heterocycles. The Hall–Kier alpha value is -1.62. The lowest BCUT2D eigenvalue weighted by Gasteiger charge is -2.19. The molecule has 0 aliphatic carbocycles. The lowest BCUT2D eigenvalue weighted by molar-refractivity contribution is -0.169. The third-order valence-electron chi connectivity index (χ3n) is 3.11. The molecule has 0 amide bonds. The van der Waals surface area contributed by atoms with Crippen LogP contribution in [0.2, 0.25) is 5.02 Å². The number of halogens is 1. The first-order valence-corrected chi connectivity index (χ1v) is 7.25. The molecule has 1 atom stereocenters. The zero-order valence-corrected chi connectivity index (χ0v) is 12.2. The van der Waals surface area contributed by atoms with Crippen molar-refractivity contribution in [3.05, 3.63) is 57.2 Å². The van der Waals surface area contributed by atoms with Crippen LogP contribution in [-0.4, -0.2) is 16.9 Å². The molecule has 0 spiro atoms. The molecule has 1 unspecified atom stereocenters. The number of thiophene rings is 1. The zero-order chi connectivity index (χ0) is 14.3. The maximum Gasteiger partial charge on any atom is 0.342 e. The number of hydrogen-bond donors (Lipinski definition) is 1. The van der Waals surface area contributed by atoms with E-state index in [0.717, 1.165) is 4.88 Å². The Morgan fingerprint density at radius 2 is 1.95 bits per heavy atom. The molecular weight excluding hydrogens is 296 g/mol. The molecule has 0 bridgehead atoms. The van der Waals surface area contributed by atoms with Gasteiger partial charge in [0.25, 0.3) is 0 Å². The summed E-state index contributed by atoms with van der Waals surface area (Å²) in [6.45, 7) is 1.47. The van der Waals surface area contributed by atoms with Gasteiger partial charge in [-0.2, -0.15) is 0 Å². The first-order valence-electron chi connectivity index (χ1n) is 5.99. The van der Waals surface area contributed by atoms with Gasteiger partial charge in [0.05, 0.1) is 5.57 Å². The summed E-state index contributed by atoms with van der Waals surface area (Å²) in [4.78, 5) is 12.9. The Balaban J connectivity index is 2.24. The minimum absolute atomic E-state index is 0.410. The summed E-state index contributed by atoms with van der Waals surface area (Å²) in [5.41, 5.74) is 1.60. The van der Waals surface area contributed by atoms with E-state index in [-0.39, 0.29) is 0 Å². The van der Waals surface area contributed by atoms with Gasteiger partial charge in [-0.25, -0.2) is 4.79 Å². The van der Waals surface area contributed by atoms with Gasteiger partial charge in [-0.1, -0.05) is 29.8 Å². The molecule has 1 aromatic heterocycles. The van der Waals surface area contributed by atoms with E-state index in [1.807, 2.05) is 17.5 Å². The number of rotatable bonds is 2. The number of ether oxygens (including phenoxy) is 1. The number of cyclic esters (lactones) is 1. The molecule has 20 heavy (non-hydrogen) atoms. The number of carbonyl (C=O) groups excluding carboxylic acids is 1. The second kappa shape index (κ2) is 4.74. The van der Waals surface area contributed by atoms with Crippen LogP contribution in [0.3, 0.4) is 0 Å². The summed E-state index contributed by atoms with van der Waals surface area (Å²) >= 11 is 7.31. The molecule has 3 nitrogen and oxygen atoms in total. The molecule has 0 saturated heterocycles. The normalized spacial score (nSPS) is 22.2. The maximum atomic E-state index is 12.1. The summed E-state index contributed by atoms with van der Waals surface area (Å²) < 4.78 is 5.10. The average molecular weight is 307 g/mol. The molecule has 0 saturated carbocycles. The predicted octanol–water partition coefficient (Wildman–Crippen LogP) is 3.58. The van der Waals surface area contributed by atoms with Gasteiger partial charge < -0.3 is 9.84 Å². The van der Waals surface area contributed by atoms with Crippen LogP contribution in [0.5, 0.6) is 0 Å². The molecule has 5 heteroatoms. The van der Waals surface area contributed by atoms with Crippen molar-refractivity contribution in [2.24, 2.45) is 0 Å². The highest BCUT2D eigenvalue weighted by Gasteiger charge is 2.44. The van der Waals surface area contributed by atoms with Crippen molar-refractivity contribution in [3.8, 4) is 0 Å². The monoisotopic (exact) mass is 306 g/mol. The van der Waals surface area contributed by atoms with Gasteiger partial charge in [0.1, 0.15) is 0 Å². The van der Waals surface area contributed by atoms with E-state index in [1.54, 1.807) is 24.3 Å². The van der Waals surface area contributed by atoms with E-state index in [9.17, 15) is 9.90 Å². The van der Waals surface area contributed by atoms with E-state index in [4.69, 9.17) is 16.3 Å². The highest BCUT2D eigenvalue weighted by atomic mass is 35.5. The minimum Gasteiger partial charge on any atom is -0.425 e. The van der Waals surface area contributed by atoms with Crippen LogP contribution in [-0.2, 0) is 9.53 Å². The Morgan fingerprint density at radius 1 is 1.25 bits per heavy atom. The van der Waals surface area contributed by atoms with Crippen molar-refractivity contribution < 1.29 is 14.6 Å². The molecule has 1 N–H and O–H groups in total. The number of benzene rings is 1. The molecule has 1 aliphatic rings. The number of hydrogen-bond acceptors (Lipinski definition) is 4. The van der Waals surface area contributed by atoms with Gasteiger partial charge >= 0.3 is 5.97 Å². The zero-order valence-electron chi connectivity index (χ0n) is 10.6. The molecular formula is C15H11ClO3S. The van der Waals surface area contributed by atoms with Crippen molar-refractivity contribution in [1.29, 1.82) is 0 Å². The van der Waals surface area contributed by atoms with Gasteiger partial charge in [0.2, 0.25) is 5.79 Å². The van der Waals surface area contributed by atoms with Crippen molar-refractivity contribution in [1.82, 2.24) is 0 Å². The van der Waals surface area contributed by atoms with Gasteiger partial charge in [-0.05, 0) is 29.1 Å². The van der Waals surface area contributed by atoms with E-state index < -0.39 is 11.8 Å². The highest BCUT2D eigenvalue weighted by molar-refractivity contribution is 7.11. The van der Waals surface area contributed by atoms with E-state index >= 15 is 0 Å². The smallest absolute Gasteiger partial charge is 0.342 e. The summed E-state index contributed by atoms with van der Waals surface area (Å²) in [5, 5.41) is 12.9. The second-order valence-corrected chi connectivity index (χ2v) is 5.99. The van der Waals surface area contributed by atoms with E-state index in [1.165, 1.54) is 18.3 Å². The highest BCUT2D eigenvalue weighted by Crippen LogP contribution is 2.43. The standard InChI is InChI=1S/C15H11ClO3S/c1-15(18)13(9-4-6-10(16)7-5-9)12(14(17)19-15)11-3-2-8-20-11/h2-8,18H,1H3. The Labute approximate surface area is 125 Å². The largest absolute Gasteiger partial charge is 0.425 e. The van der Waals surface area contributed by atoms with Crippen LogP contribution in [0.1, 0.15) is 17.4 Å². The van der Waals surface area contributed by atoms with Crippen molar-refractivity contribution in [2.45, 2.75) is 12.7 Å². The number of aliphatic hydroxyl groups is 1. The summed E-state index contributed by atoms with van der Waals surface area (Å²) in [5.74, 6) is -2.15. The fourth-order valence-electron chi connectivity index (χ4n) is 2.29. The van der Waals surface area contributed by atoms with Crippen LogP contribution in [0, 0.1) is 0 Å². The van der Waals surface area contributed by atoms with Gasteiger partial charge in [-0.15, -0.1) is 11.3 Å². The number of carbonyl (C=O) groups is 1. The summed E-state index contributed by atoms with van der Waals surface area (Å²) in [6, 6.07) is 10.7. The lowest BCUT2D eigenvalue weighted by Crippen LogP contribution is -2.26. The van der Waals surface area contributed by atoms with E-state index in [2.05, 4.69) is 0 Å². The maximum absolute atomic E-state index is 12.1. The molecule has 102 valence electrons. The van der Waals surface area contributed by atoms with Crippen molar-refractivity contribution in [3.63, 3.8) is 0 Å². The minimum atomic E-state index is -1.63. The molecule has 2 heterocycles. The van der Waals surface area contributed by atoms with Gasteiger partial charge in [0.15, 0.2) is 0 Å². The summed E-state index contributed by atoms with van der Waals surface area (Å²) in [7, 11) is 0. The first-order chi connectivity index (χ1) is 9.49. The third-order valence-corrected chi connectivity index (χ3v) is 4.25. The quantitative estimate of drug-likeness (QED) is 0.863. The topological polar surface area (TPSA) is 46.5 Å². The molecule has 3 rings (SSSR count). The van der Waals surface area contributed by atoms with Gasteiger partial charge in [0, 0.05) is 22.4 Å². The molecule has 0 radical (unpaired) electrons. The SMILES string of the molecule is CC1(O)OC(=O)C(c2cccs2)=C1c1ccc(Cl)cc1.